The molecule has 2 heterocycles. The summed E-state index contributed by atoms with van der Waals surface area (Å²) in [6.45, 7) is 3.78. The molecule has 0 spiro atoms. The molecule has 2 rings (SSSR count). The SMILES string of the molecule is COC(=O)c1sc(Cc2nc(C)cs2)nc1C. The van der Waals surface area contributed by atoms with Gasteiger partial charge in [-0.05, 0) is 13.8 Å². The highest BCUT2D eigenvalue weighted by molar-refractivity contribution is 7.14. The molecule has 6 heteroatoms. The zero-order valence-corrected chi connectivity index (χ0v) is 11.4. The second-order valence-corrected chi connectivity index (χ2v) is 5.60. The van der Waals surface area contributed by atoms with E-state index in [-0.39, 0.29) is 5.97 Å². The number of nitrogens with zero attached hydrogens (tertiary/aromatic N) is 2. The van der Waals surface area contributed by atoms with Crippen molar-refractivity contribution in [2.24, 2.45) is 0 Å². The van der Waals surface area contributed by atoms with Crippen molar-refractivity contribution < 1.29 is 9.53 Å². The van der Waals surface area contributed by atoms with Gasteiger partial charge >= 0.3 is 5.97 Å². The lowest BCUT2D eigenvalue weighted by atomic mass is 10.4. The predicted octanol–water partition coefficient (Wildman–Crippen LogP) is 2.59. The van der Waals surface area contributed by atoms with E-state index in [4.69, 9.17) is 4.74 Å². The highest BCUT2D eigenvalue weighted by Crippen LogP contribution is 2.22. The molecule has 0 bridgehead atoms. The van der Waals surface area contributed by atoms with Crippen LogP contribution in [-0.4, -0.2) is 23.0 Å². The lowest BCUT2D eigenvalue weighted by Gasteiger charge is -1.93. The average Bonchev–Trinajstić information content (AvgIpc) is 2.85. The summed E-state index contributed by atoms with van der Waals surface area (Å²) in [7, 11) is 1.38. The van der Waals surface area contributed by atoms with E-state index in [1.807, 2.05) is 19.2 Å². The number of hydrogen-bond acceptors (Lipinski definition) is 6. The van der Waals surface area contributed by atoms with Crippen LogP contribution < -0.4 is 0 Å². The zero-order chi connectivity index (χ0) is 12.4. The normalized spacial score (nSPS) is 10.5. The van der Waals surface area contributed by atoms with Gasteiger partial charge in [-0.15, -0.1) is 22.7 Å². The van der Waals surface area contributed by atoms with Crippen molar-refractivity contribution >= 4 is 28.6 Å². The molecule has 0 amide bonds. The van der Waals surface area contributed by atoms with E-state index in [0.717, 1.165) is 21.4 Å². The van der Waals surface area contributed by atoms with E-state index in [9.17, 15) is 4.79 Å². The third-order valence-electron chi connectivity index (χ3n) is 2.18. The number of carbonyl (C=O) groups excluding carboxylic acids is 1. The van der Waals surface area contributed by atoms with Crippen molar-refractivity contribution in [3.05, 3.63) is 31.7 Å². The van der Waals surface area contributed by atoms with E-state index in [1.165, 1.54) is 18.4 Å². The first-order valence-corrected chi connectivity index (χ1v) is 6.75. The molecule has 2 aromatic rings. The van der Waals surface area contributed by atoms with Gasteiger partial charge in [0.1, 0.15) is 9.88 Å². The number of esters is 1. The van der Waals surface area contributed by atoms with Gasteiger partial charge < -0.3 is 4.74 Å². The number of ether oxygens (including phenoxy) is 1. The van der Waals surface area contributed by atoms with Crippen LogP contribution in [0.3, 0.4) is 0 Å². The van der Waals surface area contributed by atoms with Crippen molar-refractivity contribution in [3.8, 4) is 0 Å². The predicted molar refractivity (Wildman–Crippen MR) is 67.8 cm³/mol. The van der Waals surface area contributed by atoms with Gasteiger partial charge in [-0.2, -0.15) is 0 Å². The lowest BCUT2D eigenvalue weighted by Crippen LogP contribution is -1.99. The van der Waals surface area contributed by atoms with E-state index in [0.29, 0.717) is 11.3 Å². The molecule has 0 aromatic carbocycles. The summed E-state index contributed by atoms with van der Waals surface area (Å²) in [5.41, 5.74) is 1.75. The Labute approximate surface area is 107 Å². The summed E-state index contributed by atoms with van der Waals surface area (Å²) in [5, 5.41) is 3.93. The van der Waals surface area contributed by atoms with E-state index in [1.54, 1.807) is 11.3 Å². The minimum absolute atomic E-state index is 0.318. The Morgan fingerprint density at radius 1 is 1.35 bits per heavy atom. The van der Waals surface area contributed by atoms with Crippen LogP contribution >= 0.6 is 22.7 Å². The Morgan fingerprint density at radius 2 is 2.12 bits per heavy atom. The molecule has 90 valence electrons. The van der Waals surface area contributed by atoms with Gasteiger partial charge in [-0.3, -0.25) is 0 Å². The molecule has 0 aliphatic carbocycles. The van der Waals surface area contributed by atoms with Crippen LogP contribution in [0.4, 0.5) is 0 Å². The van der Waals surface area contributed by atoms with Crippen LogP contribution in [0.1, 0.15) is 31.1 Å². The summed E-state index contributed by atoms with van der Waals surface area (Å²) in [6, 6.07) is 0. The highest BCUT2D eigenvalue weighted by atomic mass is 32.1. The summed E-state index contributed by atoms with van der Waals surface area (Å²) in [5.74, 6) is -0.318. The fourth-order valence-corrected chi connectivity index (χ4v) is 3.28. The maximum atomic E-state index is 11.4. The van der Waals surface area contributed by atoms with Gasteiger partial charge in [-0.1, -0.05) is 0 Å². The van der Waals surface area contributed by atoms with Gasteiger partial charge in [0.25, 0.3) is 0 Å². The number of methoxy groups -OCH3 is 1. The minimum atomic E-state index is -0.318. The number of aryl methyl sites for hydroxylation is 2. The molecule has 0 unspecified atom stereocenters. The standard InChI is InChI=1S/C11H12N2O2S2/c1-6-5-16-8(12-6)4-9-13-7(2)10(17-9)11(14)15-3/h5H,4H2,1-3H3. The molecular formula is C11H12N2O2S2. The quantitative estimate of drug-likeness (QED) is 0.803. The van der Waals surface area contributed by atoms with Crippen LogP contribution in [-0.2, 0) is 11.2 Å². The number of thiazole rings is 2. The third kappa shape index (κ3) is 2.70. The monoisotopic (exact) mass is 268 g/mol. The summed E-state index contributed by atoms with van der Waals surface area (Å²) < 4.78 is 4.70. The zero-order valence-electron chi connectivity index (χ0n) is 9.81. The van der Waals surface area contributed by atoms with Crippen molar-refractivity contribution in [1.29, 1.82) is 0 Å². The molecule has 0 saturated carbocycles. The molecule has 2 aromatic heterocycles. The third-order valence-corrected chi connectivity index (χ3v) is 4.28. The molecule has 0 fully saturated rings. The van der Waals surface area contributed by atoms with Crippen LogP contribution in [0.25, 0.3) is 0 Å². The second kappa shape index (κ2) is 4.93. The number of hydrogen-bond donors (Lipinski definition) is 0. The Morgan fingerprint density at radius 3 is 2.71 bits per heavy atom. The largest absolute Gasteiger partial charge is 0.465 e. The maximum Gasteiger partial charge on any atom is 0.349 e. The topological polar surface area (TPSA) is 52.1 Å². The van der Waals surface area contributed by atoms with E-state index >= 15 is 0 Å². The van der Waals surface area contributed by atoms with Crippen LogP contribution in [0.2, 0.25) is 0 Å². The van der Waals surface area contributed by atoms with Crippen molar-refractivity contribution in [1.82, 2.24) is 9.97 Å². The average molecular weight is 268 g/mol. The van der Waals surface area contributed by atoms with Crippen LogP contribution in [0, 0.1) is 13.8 Å². The minimum Gasteiger partial charge on any atom is -0.465 e. The molecular weight excluding hydrogens is 256 g/mol. The first-order valence-electron chi connectivity index (χ1n) is 5.05. The summed E-state index contributed by atoms with van der Waals surface area (Å²) in [6.07, 6.45) is 0.682. The first kappa shape index (κ1) is 12.2. The van der Waals surface area contributed by atoms with Gasteiger partial charge in [0.15, 0.2) is 0 Å². The summed E-state index contributed by atoms with van der Waals surface area (Å²) in [4.78, 5) is 20.8. The number of aromatic nitrogens is 2. The Balaban J connectivity index is 2.20. The smallest absolute Gasteiger partial charge is 0.349 e. The van der Waals surface area contributed by atoms with Gasteiger partial charge in [0, 0.05) is 11.1 Å². The molecule has 4 nitrogen and oxygen atoms in total. The highest BCUT2D eigenvalue weighted by Gasteiger charge is 2.16. The molecule has 0 atom stereocenters. The Bertz CT molecular complexity index is 545. The molecule has 17 heavy (non-hydrogen) atoms. The van der Waals surface area contributed by atoms with E-state index < -0.39 is 0 Å². The van der Waals surface area contributed by atoms with Crippen molar-refractivity contribution in [3.63, 3.8) is 0 Å². The molecule has 0 radical (unpaired) electrons. The molecule has 0 saturated heterocycles. The summed E-state index contributed by atoms with van der Waals surface area (Å²) >= 11 is 2.99. The van der Waals surface area contributed by atoms with E-state index in [2.05, 4.69) is 9.97 Å². The van der Waals surface area contributed by atoms with Gasteiger partial charge in [0.05, 0.1) is 24.2 Å². The first-order chi connectivity index (χ1) is 8.10. The maximum absolute atomic E-state index is 11.4. The Hall–Kier alpha value is -1.27. The number of carbonyl (C=O) groups is 1. The van der Waals surface area contributed by atoms with Crippen molar-refractivity contribution in [2.45, 2.75) is 20.3 Å². The lowest BCUT2D eigenvalue weighted by molar-refractivity contribution is 0.0605. The van der Waals surface area contributed by atoms with Gasteiger partial charge in [0.2, 0.25) is 0 Å². The van der Waals surface area contributed by atoms with Crippen LogP contribution in [0.15, 0.2) is 5.38 Å². The molecule has 0 N–H and O–H groups in total. The number of rotatable bonds is 3. The molecule has 0 aliphatic rings. The molecule has 0 aliphatic heterocycles. The second-order valence-electron chi connectivity index (χ2n) is 3.57. The van der Waals surface area contributed by atoms with Crippen LogP contribution in [0.5, 0.6) is 0 Å². The van der Waals surface area contributed by atoms with Gasteiger partial charge in [-0.25, -0.2) is 14.8 Å². The fraction of sp³-hybridized carbons (Fsp3) is 0.364. The fourth-order valence-electron chi connectivity index (χ4n) is 1.42. The Kier molecular flexibility index (Phi) is 3.54. The van der Waals surface area contributed by atoms with Crippen molar-refractivity contribution in [2.75, 3.05) is 7.11 Å².